The van der Waals surface area contributed by atoms with Gasteiger partial charge in [-0.1, -0.05) is 17.6 Å². The Morgan fingerprint density at radius 2 is 2.10 bits per heavy atom. The number of aromatic hydroxyl groups is 1. The first-order chi connectivity index (χ1) is 14.1. The van der Waals surface area contributed by atoms with E-state index in [2.05, 4.69) is 20.8 Å². The Bertz CT molecular complexity index is 933. The molecule has 2 N–H and O–H groups in total. The number of allylic oxidation sites excluding steroid dienone is 1. The summed E-state index contributed by atoms with van der Waals surface area (Å²) in [5.74, 6) is 0.441. The van der Waals surface area contributed by atoms with Crippen LogP contribution in [0.25, 0.3) is 0 Å². The number of benzene rings is 1. The number of tetrazole rings is 1. The zero-order chi connectivity index (χ0) is 20.4. The summed E-state index contributed by atoms with van der Waals surface area (Å²) in [6, 6.07) is 4.41. The van der Waals surface area contributed by atoms with E-state index in [1.165, 1.54) is 6.42 Å². The number of hydrogen-bond acceptors (Lipinski definition) is 8. The van der Waals surface area contributed by atoms with E-state index >= 15 is 0 Å². The molecule has 1 aromatic carbocycles. The van der Waals surface area contributed by atoms with Crippen LogP contribution >= 0.6 is 0 Å². The van der Waals surface area contributed by atoms with Crippen molar-refractivity contribution in [3.8, 4) is 11.5 Å². The van der Waals surface area contributed by atoms with Crippen LogP contribution in [0.5, 0.6) is 11.5 Å². The van der Waals surface area contributed by atoms with Gasteiger partial charge in [-0.05, 0) is 67.7 Å². The molecule has 9 heteroatoms. The summed E-state index contributed by atoms with van der Waals surface area (Å²) in [4.78, 5) is 13.2. The fraction of sp³-hybridized carbons (Fsp3) is 0.500. The van der Waals surface area contributed by atoms with Gasteiger partial charge >= 0.3 is 5.97 Å². The van der Waals surface area contributed by atoms with E-state index in [4.69, 9.17) is 9.47 Å². The van der Waals surface area contributed by atoms with E-state index in [-0.39, 0.29) is 17.8 Å². The van der Waals surface area contributed by atoms with Gasteiger partial charge in [-0.15, -0.1) is 0 Å². The highest BCUT2D eigenvalue weighted by molar-refractivity contribution is 5.92. The van der Waals surface area contributed by atoms with Crippen molar-refractivity contribution in [2.75, 3.05) is 11.9 Å². The van der Waals surface area contributed by atoms with E-state index in [1.807, 2.05) is 13.8 Å². The second-order valence-electron chi connectivity index (χ2n) is 7.34. The molecule has 2 heterocycles. The van der Waals surface area contributed by atoms with Crippen molar-refractivity contribution in [3.63, 3.8) is 0 Å². The summed E-state index contributed by atoms with van der Waals surface area (Å²) in [7, 11) is 0. The first-order valence-corrected chi connectivity index (χ1v) is 10.0. The number of carbonyl (C=O) groups is 1. The fourth-order valence-corrected chi connectivity index (χ4v) is 3.95. The number of rotatable bonds is 5. The maximum atomic E-state index is 13.2. The third-order valence-corrected chi connectivity index (χ3v) is 5.36. The average Bonchev–Trinajstić information content (AvgIpc) is 3.17. The largest absolute Gasteiger partial charge is 0.504 e. The lowest BCUT2D eigenvalue weighted by Crippen LogP contribution is -2.32. The Morgan fingerprint density at radius 3 is 2.86 bits per heavy atom. The predicted octanol–water partition coefficient (Wildman–Crippen LogP) is 2.94. The highest BCUT2D eigenvalue weighted by Crippen LogP contribution is 2.38. The smallest absolute Gasteiger partial charge is 0.338 e. The lowest BCUT2D eigenvalue weighted by Gasteiger charge is -2.29. The standard InChI is InChI=1S/C20H25N5O4/c1-3-28-16-11-13(9-10-15(16)26)18-17(12(2)21-20-22-23-24-25(18)20)19(27)29-14-7-5-4-6-8-14/h9-11,14,18,26H,3-8H2,1-2H3,(H,21,22,24)/t18-/m1/s1. The van der Waals surface area contributed by atoms with Gasteiger partial charge < -0.3 is 19.9 Å². The molecule has 0 unspecified atom stereocenters. The molecular formula is C20H25N5O4. The number of hydrogen-bond donors (Lipinski definition) is 2. The quantitative estimate of drug-likeness (QED) is 0.738. The molecule has 1 aromatic heterocycles. The Balaban J connectivity index is 1.72. The molecule has 0 bridgehead atoms. The molecule has 9 nitrogen and oxygen atoms in total. The number of phenols is 1. The summed E-state index contributed by atoms with van der Waals surface area (Å²) in [6.45, 7) is 4.06. The van der Waals surface area contributed by atoms with Crippen LogP contribution in [-0.2, 0) is 9.53 Å². The van der Waals surface area contributed by atoms with Crippen LogP contribution < -0.4 is 10.1 Å². The summed E-state index contributed by atoms with van der Waals surface area (Å²) < 4.78 is 12.9. The lowest BCUT2D eigenvalue weighted by atomic mass is 9.94. The number of anilines is 1. The summed E-state index contributed by atoms with van der Waals surface area (Å²) in [5.41, 5.74) is 1.81. The van der Waals surface area contributed by atoms with Crippen molar-refractivity contribution in [3.05, 3.63) is 35.0 Å². The van der Waals surface area contributed by atoms with E-state index in [9.17, 15) is 9.90 Å². The molecule has 1 aliphatic carbocycles. The third-order valence-electron chi connectivity index (χ3n) is 5.36. The molecule has 1 saturated carbocycles. The van der Waals surface area contributed by atoms with Crippen LogP contribution in [0.4, 0.5) is 5.95 Å². The molecule has 0 spiro atoms. The van der Waals surface area contributed by atoms with Crippen LogP contribution in [0.3, 0.4) is 0 Å². The Labute approximate surface area is 168 Å². The van der Waals surface area contributed by atoms with E-state index < -0.39 is 6.04 Å². The van der Waals surface area contributed by atoms with Crippen LogP contribution in [0.1, 0.15) is 57.6 Å². The van der Waals surface area contributed by atoms with Crippen molar-refractivity contribution >= 4 is 11.9 Å². The van der Waals surface area contributed by atoms with Gasteiger partial charge in [-0.3, -0.25) is 0 Å². The Kier molecular flexibility index (Phi) is 5.37. The molecule has 2 aliphatic rings. The van der Waals surface area contributed by atoms with Gasteiger partial charge in [-0.25, -0.2) is 4.79 Å². The zero-order valence-electron chi connectivity index (χ0n) is 16.6. The van der Waals surface area contributed by atoms with E-state index in [0.717, 1.165) is 31.2 Å². The first-order valence-electron chi connectivity index (χ1n) is 10.0. The van der Waals surface area contributed by atoms with Gasteiger partial charge in [0.25, 0.3) is 0 Å². The second kappa shape index (κ2) is 8.10. The molecule has 0 amide bonds. The lowest BCUT2D eigenvalue weighted by molar-refractivity contribution is -0.146. The molecule has 0 saturated heterocycles. The highest BCUT2D eigenvalue weighted by Gasteiger charge is 2.36. The number of esters is 1. The van der Waals surface area contributed by atoms with Crippen molar-refractivity contribution < 1.29 is 19.4 Å². The van der Waals surface area contributed by atoms with Gasteiger partial charge in [0.05, 0.1) is 12.2 Å². The molecule has 4 rings (SSSR count). The maximum Gasteiger partial charge on any atom is 0.338 e. The molecule has 29 heavy (non-hydrogen) atoms. The van der Waals surface area contributed by atoms with Crippen molar-refractivity contribution in [1.82, 2.24) is 20.2 Å². The molecule has 1 aliphatic heterocycles. The summed E-state index contributed by atoms with van der Waals surface area (Å²) in [6.07, 6.45) is 5.04. The highest BCUT2D eigenvalue weighted by atomic mass is 16.5. The summed E-state index contributed by atoms with van der Waals surface area (Å²) >= 11 is 0. The monoisotopic (exact) mass is 399 g/mol. The summed E-state index contributed by atoms with van der Waals surface area (Å²) in [5, 5.41) is 25.0. The number of nitrogens with zero attached hydrogens (tertiary/aromatic N) is 4. The minimum absolute atomic E-state index is 0.0357. The Morgan fingerprint density at radius 1 is 1.31 bits per heavy atom. The predicted molar refractivity (Wildman–Crippen MR) is 105 cm³/mol. The topological polar surface area (TPSA) is 111 Å². The average molecular weight is 399 g/mol. The normalized spacial score (nSPS) is 19.4. The van der Waals surface area contributed by atoms with Crippen molar-refractivity contribution in [1.29, 1.82) is 0 Å². The number of aromatic nitrogens is 4. The minimum Gasteiger partial charge on any atom is -0.504 e. The molecular weight excluding hydrogens is 374 g/mol. The van der Waals surface area contributed by atoms with Gasteiger partial charge in [0, 0.05) is 5.70 Å². The van der Waals surface area contributed by atoms with Crippen molar-refractivity contribution in [2.45, 2.75) is 58.1 Å². The molecule has 2 aromatic rings. The van der Waals surface area contributed by atoms with Crippen LogP contribution in [0.15, 0.2) is 29.5 Å². The van der Waals surface area contributed by atoms with Gasteiger partial charge in [0.1, 0.15) is 12.1 Å². The third kappa shape index (κ3) is 3.76. The molecule has 1 fully saturated rings. The van der Waals surface area contributed by atoms with E-state index in [1.54, 1.807) is 22.9 Å². The number of phenolic OH excluding ortho intramolecular Hbond substituents is 1. The zero-order valence-corrected chi connectivity index (χ0v) is 16.6. The van der Waals surface area contributed by atoms with Crippen LogP contribution in [-0.4, -0.2) is 44.0 Å². The van der Waals surface area contributed by atoms with Crippen LogP contribution in [0, 0.1) is 0 Å². The van der Waals surface area contributed by atoms with E-state index in [0.29, 0.717) is 29.6 Å². The van der Waals surface area contributed by atoms with Crippen molar-refractivity contribution in [2.24, 2.45) is 0 Å². The van der Waals surface area contributed by atoms with Gasteiger partial charge in [-0.2, -0.15) is 4.68 Å². The van der Waals surface area contributed by atoms with Gasteiger partial charge in [0.2, 0.25) is 5.95 Å². The molecule has 1 atom stereocenters. The fourth-order valence-electron chi connectivity index (χ4n) is 3.95. The second-order valence-corrected chi connectivity index (χ2v) is 7.34. The number of fused-ring (bicyclic) bond motifs is 1. The minimum atomic E-state index is -0.586. The molecule has 154 valence electrons. The maximum absolute atomic E-state index is 13.2. The first kappa shape index (κ1) is 19.2. The SMILES string of the molecule is CCOc1cc([C@@H]2C(C(=O)OC3CCCCC3)=C(C)Nc3nnnn32)ccc1O. The molecule has 0 radical (unpaired) electrons. The Hall–Kier alpha value is -3.10. The number of nitrogens with one attached hydrogen (secondary N) is 1. The number of carbonyl (C=O) groups excluding carboxylic acids is 1. The van der Waals surface area contributed by atoms with Crippen LogP contribution in [0.2, 0.25) is 0 Å². The van der Waals surface area contributed by atoms with Gasteiger partial charge in [0.15, 0.2) is 11.5 Å². The number of ether oxygens (including phenoxy) is 2.